The van der Waals surface area contributed by atoms with Crippen LogP contribution in [0.25, 0.3) is 0 Å². The Hall–Kier alpha value is -2.46. The van der Waals surface area contributed by atoms with Crippen molar-refractivity contribution in [2.45, 2.75) is 19.5 Å². The molecule has 1 heterocycles. The minimum Gasteiger partial charge on any atom is -0.281 e. The van der Waals surface area contributed by atoms with Gasteiger partial charge in [-0.25, -0.2) is 0 Å². The van der Waals surface area contributed by atoms with Gasteiger partial charge in [-0.15, -0.1) is 0 Å². The highest BCUT2D eigenvalue weighted by Crippen LogP contribution is 2.23. The lowest BCUT2D eigenvalue weighted by molar-refractivity contribution is -0.154. The summed E-state index contributed by atoms with van der Waals surface area (Å²) in [5.74, 6) is -0.262. The smallest absolute Gasteiger partial charge is 0.243 e. The van der Waals surface area contributed by atoms with E-state index in [1.807, 2.05) is 72.5 Å². The first-order valence-electron chi connectivity index (χ1n) is 7.81. The molecular formula is C19H20N2O2. The van der Waals surface area contributed by atoms with Crippen LogP contribution in [0.4, 0.5) is 0 Å². The Balaban J connectivity index is 1.70. The Labute approximate surface area is 136 Å². The Morgan fingerprint density at radius 3 is 1.96 bits per heavy atom. The first-order valence-corrected chi connectivity index (χ1v) is 7.81. The Morgan fingerprint density at radius 1 is 0.870 bits per heavy atom. The summed E-state index contributed by atoms with van der Waals surface area (Å²) in [4.78, 5) is 28.3. The number of carbonyl (C=O) groups excluding carboxylic acids is 2. The van der Waals surface area contributed by atoms with Crippen LogP contribution < -0.4 is 0 Å². The normalized spacial score (nSPS) is 17.3. The maximum Gasteiger partial charge on any atom is 0.243 e. The van der Waals surface area contributed by atoms with Crippen LogP contribution in [0, 0.1) is 0 Å². The quantitative estimate of drug-likeness (QED) is 0.815. The van der Waals surface area contributed by atoms with E-state index in [1.54, 1.807) is 0 Å². The van der Waals surface area contributed by atoms with E-state index in [-0.39, 0.29) is 30.9 Å². The van der Waals surface area contributed by atoms with Crippen LogP contribution in [-0.4, -0.2) is 34.7 Å². The molecule has 0 saturated carbocycles. The number of carbonyl (C=O) groups is 2. The van der Waals surface area contributed by atoms with E-state index in [0.717, 1.165) is 11.1 Å². The first kappa shape index (κ1) is 15.4. The number of hydrogen-bond acceptors (Lipinski definition) is 3. The molecule has 0 radical (unpaired) electrons. The number of rotatable bonds is 4. The van der Waals surface area contributed by atoms with Crippen LogP contribution in [-0.2, 0) is 16.1 Å². The Kier molecular flexibility index (Phi) is 4.53. The van der Waals surface area contributed by atoms with E-state index in [1.165, 1.54) is 4.90 Å². The molecular weight excluding hydrogens is 288 g/mol. The summed E-state index contributed by atoms with van der Waals surface area (Å²) >= 11 is 0. The monoisotopic (exact) mass is 308 g/mol. The van der Waals surface area contributed by atoms with Gasteiger partial charge in [-0.3, -0.25) is 19.4 Å². The molecule has 2 aromatic carbocycles. The van der Waals surface area contributed by atoms with Crippen molar-refractivity contribution >= 4 is 11.8 Å². The summed E-state index contributed by atoms with van der Waals surface area (Å²) in [7, 11) is 0. The molecule has 0 bridgehead atoms. The fourth-order valence-corrected chi connectivity index (χ4v) is 3.00. The predicted molar refractivity (Wildman–Crippen MR) is 88.4 cm³/mol. The molecule has 4 nitrogen and oxygen atoms in total. The maximum absolute atomic E-state index is 12.5. The van der Waals surface area contributed by atoms with Crippen molar-refractivity contribution in [3.8, 4) is 0 Å². The summed E-state index contributed by atoms with van der Waals surface area (Å²) in [5.41, 5.74) is 2.09. The summed E-state index contributed by atoms with van der Waals surface area (Å²) in [5, 5.41) is 0. The molecule has 2 amide bonds. The van der Waals surface area contributed by atoms with Gasteiger partial charge in [0.1, 0.15) is 0 Å². The van der Waals surface area contributed by atoms with Gasteiger partial charge in [-0.2, -0.15) is 0 Å². The highest BCUT2D eigenvalue weighted by molar-refractivity contribution is 5.99. The minimum atomic E-state index is -0.227. The van der Waals surface area contributed by atoms with Crippen molar-refractivity contribution in [3.05, 3.63) is 71.8 Å². The number of benzene rings is 2. The van der Waals surface area contributed by atoms with Crippen LogP contribution in [0.1, 0.15) is 24.1 Å². The lowest BCUT2D eigenvalue weighted by Crippen LogP contribution is -2.54. The molecule has 0 aliphatic carbocycles. The summed E-state index contributed by atoms with van der Waals surface area (Å²) in [6, 6.07) is 19.3. The SMILES string of the molecule is CC(c1ccccc1)N1C(=O)CN(Cc2ccccc2)CC1=O. The van der Waals surface area contributed by atoms with Gasteiger partial charge < -0.3 is 0 Å². The van der Waals surface area contributed by atoms with Gasteiger partial charge in [0.25, 0.3) is 0 Å². The average molecular weight is 308 g/mol. The molecule has 23 heavy (non-hydrogen) atoms. The molecule has 118 valence electrons. The van der Waals surface area contributed by atoms with E-state index >= 15 is 0 Å². The zero-order chi connectivity index (χ0) is 16.2. The first-order chi connectivity index (χ1) is 11.1. The fraction of sp³-hybridized carbons (Fsp3) is 0.263. The van der Waals surface area contributed by atoms with Crippen molar-refractivity contribution in [2.24, 2.45) is 0 Å². The van der Waals surface area contributed by atoms with Crippen LogP contribution in [0.2, 0.25) is 0 Å². The molecule has 1 saturated heterocycles. The van der Waals surface area contributed by atoms with Gasteiger partial charge in [0, 0.05) is 6.54 Å². The van der Waals surface area contributed by atoms with E-state index in [4.69, 9.17) is 0 Å². The van der Waals surface area contributed by atoms with Crippen LogP contribution in [0.5, 0.6) is 0 Å². The van der Waals surface area contributed by atoms with Crippen molar-refractivity contribution < 1.29 is 9.59 Å². The third kappa shape index (κ3) is 3.48. The van der Waals surface area contributed by atoms with E-state index in [2.05, 4.69) is 0 Å². The maximum atomic E-state index is 12.5. The van der Waals surface area contributed by atoms with Gasteiger partial charge in [-0.05, 0) is 18.1 Å². The summed E-state index contributed by atoms with van der Waals surface area (Å²) < 4.78 is 0. The third-order valence-corrected chi connectivity index (χ3v) is 4.17. The van der Waals surface area contributed by atoms with Crippen LogP contribution in [0.15, 0.2) is 60.7 Å². The highest BCUT2D eigenvalue weighted by atomic mass is 16.2. The number of hydrogen-bond donors (Lipinski definition) is 0. The van der Waals surface area contributed by atoms with Crippen LogP contribution in [0.3, 0.4) is 0 Å². The number of imide groups is 1. The molecule has 0 spiro atoms. The number of amides is 2. The highest BCUT2D eigenvalue weighted by Gasteiger charge is 2.34. The lowest BCUT2D eigenvalue weighted by Gasteiger charge is -2.36. The van der Waals surface area contributed by atoms with Gasteiger partial charge in [0.05, 0.1) is 19.1 Å². The van der Waals surface area contributed by atoms with E-state index < -0.39 is 0 Å². The molecule has 0 aromatic heterocycles. The molecule has 1 fully saturated rings. The van der Waals surface area contributed by atoms with E-state index in [9.17, 15) is 9.59 Å². The molecule has 1 atom stereocenters. The van der Waals surface area contributed by atoms with Gasteiger partial charge in [0.15, 0.2) is 0 Å². The van der Waals surface area contributed by atoms with Gasteiger partial charge in [-0.1, -0.05) is 60.7 Å². The molecule has 1 aliphatic rings. The second-order valence-corrected chi connectivity index (χ2v) is 5.87. The zero-order valence-electron chi connectivity index (χ0n) is 13.2. The van der Waals surface area contributed by atoms with Gasteiger partial charge >= 0.3 is 0 Å². The van der Waals surface area contributed by atoms with Crippen molar-refractivity contribution in [3.63, 3.8) is 0 Å². The molecule has 4 heteroatoms. The molecule has 1 aliphatic heterocycles. The predicted octanol–water partition coefficient (Wildman–Crippen LogP) is 2.62. The lowest BCUT2D eigenvalue weighted by atomic mass is 10.1. The van der Waals surface area contributed by atoms with E-state index in [0.29, 0.717) is 6.54 Å². The third-order valence-electron chi connectivity index (χ3n) is 4.17. The largest absolute Gasteiger partial charge is 0.281 e. The molecule has 1 unspecified atom stereocenters. The molecule has 0 N–H and O–H groups in total. The number of piperazine rings is 1. The minimum absolute atomic E-state index is 0.131. The number of nitrogens with zero attached hydrogens (tertiary/aromatic N) is 2. The summed E-state index contributed by atoms with van der Waals surface area (Å²) in [6.45, 7) is 3.07. The molecule has 2 aromatic rings. The molecule has 3 rings (SSSR count). The standard InChI is InChI=1S/C19H20N2O2/c1-15(17-10-6-3-7-11-17)21-18(22)13-20(14-19(21)23)12-16-8-4-2-5-9-16/h2-11,15H,12-14H2,1H3. The average Bonchev–Trinajstić information content (AvgIpc) is 2.56. The Morgan fingerprint density at radius 2 is 1.39 bits per heavy atom. The summed E-state index contributed by atoms with van der Waals surface area (Å²) in [6.07, 6.45) is 0. The Bertz CT molecular complexity index is 667. The fourth-order valence-electron chi connectivity index (χ4n) is 3.00. The second-order valence-electron chi connectivity index (χ2n) is 5.87. The van der Waals surface area contributed by atoms with Crippen molar-refractivity contribution in [1.29, 1.82) is 0 Å². The topological polar surface area (TPSA) is 40.6 Å². The van der Waals surface area contributed by atoms with Gasteiger partial charge in [0.2, 0.25) is 11.8 Å². The second kappa shape index (κ2) is 6.75. The zero-order valence-corrected chi connectivity index (χ0v) is 13.2. The van der Waals surface area contributed by atoms with Crippen molar-refractivity contribution in [1.82, 2.24) is 9.80 Å². The van der Waals surface area contributed by atoms with Crippen molar-refractivity contribution in [2.75, 3.05) is 13.1 Å². The van der Waals surface area contributed by atoms with Crippen LogP contribution >= 0.6 is 0 Å².